The largest absolute Gasteiger partial charge is 0.298 e. The zero-order valence-electron chi connectivity index (χ0n) is 7.23. The highest BCUT2D eigenvalue weighted by Crippen LogP contribution is 2.14. The summed E-state index contributed by atoms with van der Waals surface area (Å²) in [6.45, 7) is 1.55. The van der Waals surface area contributed by atoms with Gasteiger partial charge in [0.15, 0.2) is 16.1 Å². The molecule has 0 atom stereocenters. The van der Waals surface area contributed by atoms with Crippen molar-refractivity contribution in [3.05, 3.63) is 29.8 Å². The number of carbonyl (C=O) groups excluding carboxylic acids is 1. The van der Waals surface area contributed by atoms with E-state index >= 15 is 0 Å². The maximum atomic E-state index is 11.4. The van der Waals surface area contributed by atoms with E-state index in [1.165, 1.54) is 12.1 Å². The Bertz CT molecular complexity index is 407. The number of hydrogen-bond acceptors (Lipinski definition) is 3. The SMILES string of the molecule is CCS(=O)(=O)c1ccccc1C=O. The summed E-state index contributed by atoms with van der Waals surface area (Å²) in [4.78, 5) is 10.6. The van der Waals surface area contributed by atoms with Crippen LogP contribution in [0.2, 0.25) is 0 Å². The number of hydrogen-bond donors (Lipinski definition) is 0. The number of benzene rings is 1. The molecule has 13 heavy (non-hydrogen) atoms. The Morgan fingerprint density at radius 2 is 1.92 bits per heavy atom. The first-order valence-corrected chi connectivity index (χ1v) is 5.54. The van der Waals surface area contributed by atoms with Crippen LogP contribution < -0.4 is 0 Å². The molecule has 0 saturated carbocycles. The van der Waals surface area contributed by atoms with Gasteiger partial charge in [-0.05, 0) is 6.07 Å². The van der Waals surface area contributed by atoms with Gasteiger partial charge in [-0.25, -0.2) is 8.42 Å². The topological polar surface area (TPSA) is 51.2 Å². The number of aldehydes is 1. The Hall–Kier alpha value is -1.16. The minimum Gasteiger partial charge on any atom is -0.298 e. The van der Waals surface area contributed by atoms with E-state index in [0.717, 1.165) is 0 Å². The van der Waals surface area contributed by atoms with E-state index in [4.69, 9.17) is 0 Å². The Labute approximate surface area is 77.3 Å². The fourth-order valence-electron chi connectivity index (χ4n) is 1.02. The molecule has 1 aromatic rings. The van der Waals surface area contributed by atoms with Crippen molar-refractivity contribution in [1.82, 2.24) is 0 Å². The van der Waals surface area contributed by atoms with Gasteiger partial charge in [-0.15, -0.1) is 0 Å². The number of sulfone groups is 1. The van der Waals surface area contributed by atoms with Crippen LogP contribution in [-0.4, -0.2) is 20.5 Å². The van der Waals surface area contributed by atoms with Gasteiger partial charge in [-0.1, -0.05) is 25.1 Å². The third kappa shape index (κ3) is 1.95. The molecule has 1 aromatic carbocycles. The van der Waals surface area contributed by atoms with Crippen LogP contribution in [-0.2, 0) is 9.84 Å². The molecule has 0 fully saturated rings. The highest BCUT2D eigenvalue weighted by Gasteiger charge is 2.14. The lowest BCUT2D eigenvalue weighted by atomic mass is 10.2. The van der Waals surface area contributed by atoms with Crippen molar-refractivity contribution in [2.45, 2.75) is 11.8 Å². The number of rotatable bonds is 3. The second-order valence-electron chi connectivity index (χ2n) is 2.56. The highest BCUT2D eigenvalue weighted by molar-refractivity contribution is 7.91. The Kier molecular flexibility index (Phi) is 2.83. The van der Waals surface area contributed by atoms with Gasteiger partial charge in [-0.2, -0.15) is 0 Å². The van der Waals surface area contributed by atoms with E-state index in [0.29, 0.717) is 6.29 Å². The van der Waals surface area contributed by atoms with Crippen LogP contribution in [0.3, 0.4) is 0 Å². The fourth-order valence-corrected chi connectivity index (χ4v) is 2.09. The van der Waals surface area contributed by atoms with E-state index in [2.05, 4.69) is 0 Å². The highest BCUT2D eigenvalue weighted by atomic mass is 32.2. The first kappa shape index (κ1) is 9.92. The third-order valence-electron chi connectivity index (χ3n) is 1.76. The predicted molar refractivity (Wildman–Crippen MR) is 49.6 cm³/mol. The van der Waals surface area contributed by atoms with Crippen molar-refractivity contribution >= 4 is 16.1 Å². The maximum absolute atomic E-state index is 11.4. The standard InChI is InChI=1S/C9H10O3S/c1-2-13(11,12)9-6-4-3-5-8(9)7-10/h3-7H,2H2,1H3. The summed E-state index contributed by atoms with van der Waals surface area (Å²) < 4.78 is 22.8. The Morgan fingerprint density at radius 1 is 1.31 bits per heavy atom. The van der Waals surface area contributed by atoms with E-state index in [1.54, 1.807) is 19.1 Å². The number of carbonyl (C=O) groups is 1. The molecule has 0 bridgehead atoms. The van der Waals surface area contributed by atoms with Crippen molar-refractivity contribution in [1.29, 1.82) is 0 Å². The van der Waals surface area contributed by atoms with Crippen LogP contribution in [0.25, 0.3) is 0 Å². The van der Waals surface area contributed by atoms with Gasteiger partial charge in [0.1, 0.15) is 0 Å². The van der Waals surface area contributed by atoms with Gasteiger partial charge < -0.3 is 0 Å². The molecule has 0 amide bonds. The first-order chi connectivity index (χ1) is 6.11. The van der Waals surface area contributed by atoms with Crippen LogP contribution in [0.5, 0.6) is 0 Å². The predicted octanol–water partition coefficient (Wildman–Crippen LogP) is 1.29. The van der Waals surface area contributed by atoms with Gasteiger partial charge in [0.2, 0.25) is 0 Å². The zero-order chi connectivity index (χ0) is 9.90. The average Bonchev–Trinajstić information content (AvgIpc) is 2.18. The summed E-state index contributed by atoms with van der Waals surface area (Å²) in [6, 6.07) is 6.19. The molecule has 0 unspecified atom stereocenters. The molecule has 0 aliphatic carbocycles. The smallest absolute Gasteiger partial charge is 0.178 e. The summed E-state index contributed by atoms with van der Waals surface area (Å²) in [5, 5.41) is 0. The van der Waals surface area contributed by atoms with E-state index in [9.17, 15) is 13.2 Å². The summed E-state index contributed by atoms with van der Waals surface area (Å²) in [6.07, 6.45) is 0.558. The molecular weight excluding hydrogens is 188 g/mol. The Morgan fingerprint density at radius 3 is 2.46 bits per heavy atom. The molecule has 1 rings (SSSR count). The van der Waals surface area contributed by atoms with Crippen molar-refractivity contribution in [2.75, 3.05) is 5.75 Å². The van der Waals surface area contributed by atoms with Crippen LogP contribution in [0.1, 0.15) is 17.3 Å². The van der Waals surface area contributed by atoms with Crippen molar-refractivity contribution in [2.24, 2.45) is 0 Å². The molecule has 0 N–H and O–H groups in total. The van der Waals surface area contributed by atoms with Crippen LogP contribution >= 0.6 is 0 Å². The van der Waals surface area contributed by atoms with Crippen molar-refractivity contribution < 1.29 is 13.2 Å². The second kappa shape index (κ2) is 3.70. The third-order valence-corrected chi connectivity index (χ3v) is 3.56. The quantitative estimate of drug-likeness (QED) is 0.688. The van der Waals surface area contributed by atoms with Gasteiger partial charge in [0, 0.05) is 5.56 Å². The molecule has 0 heterocycles. The van der Waals surface area contributed by atoms with Gasteiger partial charge in [-0.3, -0.25) is 4.79 Å². The maximum Gasteiger partial charge on any atom is 0.178 e. The average molecular weight is 198 g/mol. The van der Waals surface area contributed by atoms with Gasteiger partial charge >= 0.3 is 0 Å². The second-order valence-corrected chi connectivity index (χ2v) is 4.81. The molecule has 70 valence electrons. The minimum atomic E-state index is -3.27. The minimum absolute atomic E-state index is 0.0118. The zero-order valence-corrected chi connectivity index (χ0v) is 8.04. The Balaban J connectivity index is 3.37. The normalized spacial score (nSPS) is 11.2. The molecule has 4 heteroatoms. The van der Waals surface area contributed by atoms with E-state index in [-0.39, 0.29) is 16.2 Å². The molecule has 0 radical (unpaired) electrons. The van der Waals surface area contributed by atoms with Gasteiger partial charge in [0.25, 0.3) is 0 Å². The lowest BCUT2D eigenvalue weighted by Crippen LogP contribution is -2.06. The molecule has 0 aromatic heterocycles. The summed E-state index contributed by atoms with van der Waals surface area (Å²) in [5.41, 5.74) is 0.226. The lowest BCUT2D eigenvalue weighted by Gasteiger charge is -2.02. The molecule has 0 aliphatic rings. The van der Waals surface area contributed by atoms with E-state index < -0.39 is 9.84 Å². The summed E-state index contributed by atoms with van der Waals surface area (Å²) in [7, 11) is -3.27. The molecule has 0 spiro atoms. The fraction of sp³-hybridized carbons (Fsp3) is 0.222. The monoisotopic (exact) mass is 198 g/mol. The van der Waals surface area contributed by atoms with Crippen LogP contribution in [0, 0.1) is 0 Å². The van der Waals surface area contributed by atoms with Gasteiger partial charge in [0.05, 0.1) is 10.6 Å². The van der Waals surface area contributed by atoms with E-state index in [1.807, 2.05) is 0 Å². The molecule has 0 saturated heterocycles. The van der Waals surface area contributed by atoms with Crippen molar-refractivity contribution in [3.8, 4) is 0 Å². The summed E-state index contributed by atoms with van der Waals surface area (Å²) in [5.74, 6) is 0.0118. The molecule has 0 aliphatic heterocycles. The molecular formula is C9H10O3S. The van der Waals surface area contributed by atoms with Crippen LogP contribution in [0.15, 0.2) is 29.2 Å². The lowest BCUT2D eigenvalue weighted by molar-refractivity contribution is 0.112. The summed E-state index contributed by atoms with van der Waals surface area (Å²) >= 11 is 0. The van der Waals surface area contributed by atoms with Crippen LogP contribution in [0.4, 0.5) is 0 Å². The molecule has 3 nitrogen and oxygen atoms in total. The van der Waals surface area contributed by atoms with Crippen molar-refractivity contribution in [3.63, 3.8) is 0 Å². The first-order valence-electron chi connectivity index (χ1n) is 3.88.